The molecule has 0 aliphatic heterocycles. The molecule has 25 heavy (non-hydrogen) atoms. The molecule has 4 rings (SSSR count). The van der Waals surface area contributed by atoms with Gasteiger partial charge in [0.25, 0.3) is 0 Å². The fourth-order valence-electron chi connectivity index (χ4n) is 3.10. The Bertz CT molecular complexity index is 1020. The van der Waals surface area contributed by atoms with Gasteiger partial charge in [0.15, 0.2) is 0 Å². The van der Waals surface area contributed by atoms with Crippen LogP contribution >= 0.6 is 0 Å². The lowest BCUT2D eigenvalue weighted by Crippen LogP contribution is -2.18. The van der Waals surface area contributed by atoms with E-state index in [1.165, 1.54) is 0 Å². The summed E-state index contributed by atoms with van der Waals surface area (Å²) in [7, 11) is 0. The van der Waals surface area contributed by atoms with Crippen LogP contribution in [0.4, 0.5) is 0 Å². The van der Waals surface area contributed by atoms with Crippen molar-refractivity contribution < 1.29 is 0 Å². The minimum Gasteiger partial charge on any atom is -0.305 e. The van der Waals surface area contributed by atoms with Gasteiger partial charge < -0.3 is 4.98 Å². The number of aromatic amines is 1. The van der Waals surface area contributed by atoms with Gasteiger partial charge in [-0.25, -0.2) is 4.79 Å². The maximum atomic E-state index is 12.7. The largest absolute Gasteiger partial charge is 0.326 e. The number of nitrogens with zero attached hydrogens (tertiary/aromatic N) is 1. The van der Waals surface area contributed by atoms with Crippen LogP contribution in [0.1, 0.15) is 5.56 Å². The molecule has 122 valence electrons. The predicted molar refractivity (Wildman–Crippen MR) is 101 cm³/mol. The lowest BCUT2D eigenvalue weighted by molar-refractivity contribution is 0.769. The number of hydrogen-bond acceptors (Lipinski definition) is 1. The van der Waals surface area contributed by atoms with Gasteiger partial charge in [0.2, 0.25) is 0 Å². The van der Waals surface area contributed by atoms with E-state index in [0.29, 0.717) is 6.54 Å². The molecule has 0 aliphatic rings. The van der Waals surface area contributed by atoms with E-state index in [0.717, 1.165) is 28.1 Å². The van der Waals surface area contributed by atoms with Gasteiger partial charge in [-0.1, -0.05) is 91.0 Å². The molecule has 0 spiro atoms. The standard InChI is InChI=1S/C22H18N2O/c25-22-23-20(18-12-6-2-7-13-18)21(19-14-8-3-9-15-19)24(22)16-17-10-4-1-5-11-17/h1-15H,16H2,(H,23,25). The lowest BCUT2D eigenvalue weighted by atomic mass is 10.0. The second-order valence-corrected chi connectivity index (χ2v) is 5.96. The molecule has 3 aromatic carbocycles. The summed E-state index contributed by atoms with van der Waals surface area (Å²) in [6.07, 6.45) is 0. The third kappa shape index (κ3) is 3.04. The van der Waals surface area contributed by atoms with E-state index in [4.69, 9.17) is 0 Å². The first-order chi connectivity index (χ1) is 12.3. The van der Waals surface area contributed by atoms with Crippen molar-refractivity contribution in [1.82, 2.24) is 9.55 Å². The topological polar surface area (TPSA) is 37.8 Å². The van der Waals surface area contributed by atoms with E-state index >= 15 is 0 Å². The van der Waals surface area contributed by atoms with Gasteiger partial charge >= 0.3 is 5.69 Å². The van der Waals surface area contributed by atoms with Crippen molar-refractivity contribution in [2.45, 2.75) is 6.54 Å². The van der Waals surface area contributed by atoms with Gasteiger partial charge in [-0.2, -0.15) is 0 Å². The molecule has 1 N–H and O–H groups in total. The van der Waals surface area contributed by atoms with Crippen molar-refractivity contribution in [3.8, 4) is 22.5 Å². The first kappa shape index (κ1) is 15.2. The first-order valence-corrected chi connectivity index (χ1v) is 8.30. The van der Waals surface area contributed by atoms with Gasteiger partial charge in [-0.15, -0.1) is 0 Å². The van der Waals surface area contributed by atoms with Gasteiger partial charge in [-0.05, 0) is 5.56 Å². The van der Waals surface area contributed by atoms with Crippen molar-refractivity contribution in [2.75, 3.05) is 0 Å². The van der Waals surface area contributed by atoms with Crippen LogP contribution < -0.4 is 5.69 Å². The van der Waals surface area contributed by atoms with Crippen molar-refractivity contribution in [3.05, 3.63) is 107 Å². The minimum atomic E-state index is -0.0958. The highest BCUT2D eigenvalue weighted by Gasteiger charge is 2.17. The van der Waals surface area contributed by atoms with Crippen LogP contribution in [0, 0.1) is 0 Å². The molecular weight excluding hydrogens is 308 g/mol. The van der Waals surface area contributed by atoms with Crippen molar-refractivity contribution in [3.63, 3.8) is 0 Å². The zero-order chi connectivity index (χ0) is 17.1. The van der Waals surface area contributed by atoms with Crippen LogP contribution in [-0.2, 0) is 6.54 Å². The molecule has 0 fully saturated rings. The summed E-state index contributed by atoms with van der Waals surface area (Å²) in [6, 6.07) is 30.1. The van der Waals surface area contributed by atoms with Crippen LogP contribution in [0.5, 0.6) is 0 Å². The molecule has 4 aromatic rings. The summed E-state index contributed by atoms with van der Waals surface area (Å²) in [5.74, 6) is 0. The average Bonchev–Trinajstić information content (AvgIpc) is 3.00. The molecule has 0 saturated carbocycles. The summed E-state index contributed by atoms with van der Waals surface area (Å²) in [5, 5.41) is 0. The lowest BCUT2D eigenvalue weighted by Gasteiger charge is -2.10. The first-order valence-electron chi connectivity index (χ1n) is 8.30. The summed E-state index contributed by atoms with van der Waals surface area (Å²) in [5.41, 5.74) is 4.80. The molecule has 0 bridgehead atoms. The molecule has 1 heterocycles. The van der Waals surface area contributed by atoms with Gasteiger partial charge in [-0.3, -0.25) is 4.57 Å². The van der Waals surface area contributed by atoms with Crippen molar-refractivity contribution >= 4 is 0 Å². The number of benzene rings is 3. The molecule has 1 aromatic heterocycles. The summed E-state index contributed by atoms with van der Waals surface area (Å²) >= 11 is 0. The van der Waals surface area contributed by atoms with Gasteiger partial charge in [0.1, 0.15) is 0 Å². The van der Waals surface area contributed by atoms with E-state index in [-0.39, 0.29) is 5.69 Å². The Hall–Kier alpha value is -3.33. The van der Waals surface area contributed by atoms with E-state index < -0.39 is 0 Å². The number of aromatic nitrogens is 2. The highest BCUT2D eigenvalue weighted by molar-refractivity contribution is 5.78. The molecule has 0 unspecified atom stereocenters. The summed E-state index contributed by atoms with van der Waals surface area (Å²) in [6.45, 7) is 0.535. The normalized spacial score (nSPS) is 10.7. The molecule has 3 nitrogen and oxygen atoms in total. The highest BCUT2D eigenvalue weighted by Crippen LogP contribution is 2.30. The zero-order valence-corrected chi connectivity index (χ0v) is 13.7. The molecule has 0 aliphatic carbocycles. The molecule has 0 radical (unpaired) electrons. The van der Waals surface area contributed by atoms with Gasteiger partial charge in [0, 0.05) is 11.1 Å². The Morgan fingerprint density at radius 2 is 1.20 bits per heavy atom. The number of rotatable bonds is 4. The third-order valence-corrected chi connectivity index (χ3v) is 4.28. The third-order valence-electron chi connectivity index (χ3n) is 4.28. The van der Waals surface area contributed by atoms with Crippen LogP contribution in [0.2, 0.25) is 0 Å². The molecular formula is C22H18N2O. The molecule has 3 heteroatoms. The van der Waals surface area contributed by atoms with E-state index in [1.807, 2.05) is 95.6 Å². The monoisotopic (exact) mass is 326 g/mol. The van der Waals surface area contributed by atoms with E-state index in [2.05, 4.69) is 4.98 Å². The van der Waals surface area contributed by atoms with Crippen LogP contribution in [0.3, 0.4) is 0 Å². The Labute approximate surface area is 146 Å². The summed E-state index contributed by atoms with van der Waals surface area (Å²) in [4.78, 5) is 15.8. The average molecular weight is 326 g/mol. The Morgan fingerprint density at radius 1 is 0.680 bits per heavy atom. The minimum absolute atomic E-state index is 0.0958. The maximum Gasteiger partial charge on any atom is 0.326 e. The smallest absolute Gasteiger partial charge is 0.305 e. The van der Waals surface area contributed by atoms with E-state index in [9.17, 15) is 4.79 Å². The molecule has 0 amide bonds. The van der Waals surface area contributed by atoms with E-state index in [1.54, 1.807) is 0 Å². The van der Waals surface area contributed by atoms with Crippen molar-refractivity contribution in [1.29, 1.82) is 0 Å². The van der Waals surface area contributed by atoms with Gasteiger partial charge in [0.05, 0.1) is 17.9 Å². The zero-order valence-electron chi connectivity index (χ0n) is 13.7. The fourth-order valence-corrected chi connectivity index (χ4v) is 3.10. The van der Waals surface area contributed by atoms with Crippen LogP contribution in [0.25, 0.3) is 22.5 Å². The number of nitrogens with one attached hydrogen (secondary N) is 1. The summed E-state index contributed by atoms with van der Waals surface area (Å²) < 4.78 is 1.81. The Morgan fingerprint density at radius 3 is 1.80 bits per heavy atom. The number of imidazole rings is 1. The van der Waals surface area contributed by atoms with Crippen molar-refractivity contribution in [2.24, 2.45) is 0 Å². The van der Waals surface area contributed by atoms with Crippen LogP contribution in [0.15, 0.2) is 95.8 Å². The molecule has 0 saturated heterocycles. The highest BCUT2D eigenvalue weighted by atomic mass is 16.1. The Balaban J connectivity index is 1.92. The predicted octanol–water partition coefficient (Wildman–Crippen LogP) is 4.56. The SMILES string of the molecule is O=c1[nH]c(-c2ccccc2)c(-c2ccccc2)n1Cc1ccccc1. The number of hydrogen-bond donors (Lipinski definition) is 1. The maximum absolute atomic E-state index is 12.7. The van der Waals surface area contributed by atoms with Crippen LogP contribution in [-0.4, -0.2) is 9.55 Å². The second-order valence-electron chi connectivity index (χ2n) is 5.96. The Kier molecular flexibility index (Phi) is 4.05. The fraction of sp³-hybridized carbons (Fsp3) is 0.0455. The quantitative estimate of drug-likeness (QED) is 0.586. The second kappa shape index (κ2) is 6.65. The molecule has 0 atom stereocenters. The number of H-pyrrole nitrogens is 1.